The maximum atomic E-state index is 4.68. The van der Waals surface area contributed by atoms with E-state index in [1.54, 1.807) is 0 Å². The fraction of sp³-hybridized carbons (Fsp3) is 0.333. The van der Waals surface area contributed by atoms with E-state index in [-0.39, 0.29) is 0 Å². The van der Waals surface area contributed by atoms with Crippen LogP contribution in [0.15, 0.2) is 36.5 Å². The van der Waals surface area contributed by atoms with Crippen LogP contribution in [0.3, 0.4) is 0 Å². The molecule has 0 aliphatic heterocycles. The molecule has 2 aromatic heterocycles. The van der Waals surface area contributed by atoms with Crippen molar-refractivity contribution in [3.8, 4) is 0 Å². The molecule has 3 rings (SSSR count). The van der Waals surface area contributed by atoms with E-state index in [4.69, 9.17) is 0 Å². The SMILES string of the molecule is CCN(Cc1cn2c(C)cc(C)nc2n1)c1cccc(C)c1. The molecule has 0 N–H and O–H groups in total. The Morgan fingerprint density at radius 1 is 1.09 bits per heavy atom. The third-order valence-corrected chi connectivity index (χ3v) is 3.91. The van der Waals surface area contributed by atoms with Crippen molar-refractivity contribution in [1.29, 1.82) is 0 Å². The molecule has 0 radical (unpaired) electrons. The minimum absolute atomic E-state index is 0.785. The third kappa shape index (κ3) is 2.82. The van der Waals surface area contributed by atoms with Crippen LogP contribution in [0.5, 0.6) is 0 Å². The van der Waals surface area contributed by atoms with E-state index in [9.17, 15) is 0 Å². The second-order valence-corrected chi connectivity index (χ2v) is 5.79. The molecule has 4 heteroatoms. The smallest absolute Gasteiger partial charge is 0.234 e. The number of anilines is 1. The molecule has 22 heavy (non-hydrogen) atoms. The number of hydrogen-bond donors (Lipinski definition) is 0. The molecule has 0 atom stereocenters. The summed E-state index contributed by atoms with van der Waals surface area (Å²) in [5.41, 5.74) is 5.73. The van der Waals surface area contributed by atoms with Crippen molar-refractivity contribution in [2.45, 2.75) is 34.2 Å². The highest BCUT2D eigenvalue weighted by molar-refractivity contribution is 5.49. The standard InChI is InChI=1S/C18H22N4/c1-5-21(17-8-6-7-13(2)9-17)11-16-12-22-15(4)10-14(3)19-18(22)20-16/h6-10,12H,5,11H2,1-4H3. The summed E-state index contributed by atoms with van der Waals surface area (Å²) in [7, 11) is 0. The molecule has 0 aliphatic rings. The van der Waals surface area contributed by atoms with E-state index in [2.05, 4.69) is 76.6 Å². The first kappa shape index (κ1) is 14.6. The van der Waals surface area contributed by atoms with E-state index in [0.29, 0.717) is 0 Å². The van der Waals surface area contributed by atoms with Gasteiger partial charge in [0, 0.05) is 29.8 Å². The second-order valence-electron chi connectivity index (χ2n) is 5.79. The number of nitrogens with zero attached hydrogens (tertiary/aromatic N) is 4. The lowest BCUT2D eigenvalue weighted by atomic mass is 10.2. The number of hydrogen-bond acceptors (Lipinski definition) is 3. The molecule has 114 valence electrons. The lowest BCUT2D eigenvalue weighted by Crippen LogP contribution is -2.22. The maximum Gasteiger partial charge on any atom is 0.234 e. The first-order valence-electron chi connectivity index (χ1n) is 7.70. The molecule has 0 spiro atoms. The van der Waals surface area contributed by atoms with Gasteiger partial charge in [0.05, 0.1) is 12.2 Å². The molecule has 0 unspecified atom stereocenters. The van der Waals surface area contributed by atoms with Crippen LogP contribution in [0.25, 0.3) is 5.78 Å². The lowest BCUT2D eigenvalue weighted by Gasteiger charge is -2.22. The monoisotopic (exact) mass is 294 g/mol. The molecule has 0 saturated carbocycles. The van der Waals surface area contributed by atoms with E-state index in [0.717, 1.165) is 30.3 Å². The van der Waals surface area contributed by atoms with Gasteiger partial charge in [0.1, 0.15) is 0 Å². The highest BCUT2D eigenvalue weighted by Crippen LogP contribution is 2.18. The Balaban J connectivity index is 1.92. The second kappa shape index (κ2) is 5.79. The number of rotatable bonds is 4. The van der Waals surface area contributed by atoms with Crippen molar-refractivity contribution < 1.29 is 0 Å². The Hall–Kier alpha value is -2.36. The van der Waals surface area contributed by atoms with Crippen molar-refractivity contribution >= 4 is 11.5 Å². The molecular formula is C18H22N4. The molecule has 2 heterocycles. The molecule has 4 nitrogen and oxygen atoms in total. The quantitative estimate of drug-likeness (QED) is 0.736. The topological polar surface area (TPSA) is 33.4 Å². The summed E-state index contributed by atoms with van der Waals surface area (Å²) in [5, 5.41) is 0. The minimum Gasteiger partial charge on any atom is -0.366 e. The van der Waals surface area contributed by atoms with Gasteiger partial charge in [0.2, 0.25) is 5.78 Å². The van der Waals surface area contributed by atoms with Crippen LogP contribution in [-0.4, -0.2) is 20.9 Å². The number of fused-ring (bicyclic) bond motifs is 1. The zero-order valence-corrected chi connectivity index (χ0v) is 13.7. The number of aryl methyl sites for hydroxylation is 3. The van der Waals surface area contributed by atoms with Gasteiger partial charge in [0.25, 0.3) is 0 Å². The van der Waals surface area contributed by atoms with Crippen LogP contribution in [0.4, 0.5) is 5.69 Å². The van der Waals surface area contributed by atoms with Crippen molar-refractivity contribution in [2.24, 2.45) is 0 Å². The lowest BCUT2D eigenvalue weighted by molar-refractivity contribution is 0.814. The maximum absolute atomic E-state index is 4.68. The molecule has 0 fully saturated rings. The average Bonchev–Trinajstić information content (AvgIpc) is 2.87. The fourth-order valence-corrected chi connectivity index (χ4v) is 2.80. The Labute approximate surface area is 131 Å². The van der Waals surface area contributed by atoms with Gasteiger partial charge < -0.3 is 4.90 Å². The van der Waals surface area contributed by atoms with Gasteiger partial charge in [-0.05, 0) is 51.5 Å². The van der Waals surface area contributed by atoms with Gasteiger partial charge in [-0.15, -0.1) is 0 Å². The predicted octanol–water partition coefficient (Wildman–Crippen LogP) is 3.68. The zero-order valence-electron chi connectivity index (χ0n) is 13.7. The minimum atomic E-state index is 0.785. The molecule has 0 bridgehead atoms. The van der Waals surface area contributed by atoms with E-state index in [1.165, 1.54) is 16.9 Å². The summed E-state index contributed by atoms with van der Waals surface area (Å²) in [6.45, 7) is 10.1. The van der Waals surface area contributed by atoms with Gasteiger partial charge in [0.15, 0.2) is 0 Å². The zero-order chi connectivity index (χ0) is 15.7. The first-order valence-corrected chi connectivity index (χ1v) is 7.70. The molecule has 0 amide bonds. The largest absolute Gasteiger partial charge is 0.366 e. The summed E-state index contributed by atoms with van der Waals surface area (Å²) in [6.07, 6.45) is 2.09. The third-order valence-electron chi connectivity index (χ3n) is 3.91. The van der Waals surface area contributed by atoms with Crippen LogP contribution < -0.4 is 4.90 Å². The highest BCUT2D eigenvalue weighted by Gasteiger charge is 2.10. The van der Waals surface area contributed by atoms with Gasteiger partial charge in [-0.25, -0.2) is 9.97 Å². The fourth-order valence-electron chi connectivity index (χ4n) is 2.80. The summed E-state index contributed by atoms with van der Waals surface area (Å²) < 4.78 is 2.06. The van der Waals surface area contributed by atoms with Crippen molar-refractivity contribution in [1.82, 2.24) is 14.4 Å². The van der Waals surface area contributed by atoms with Crippen LogP contribution in [-0.2, 0) is 6.54 Å². The average molecular weight is 294 g/mol. The highest BCUT2D eigenvalue weighted by atomic mass is 15.2. The van der Waals surface area contributed by atoms with Gasteiger partial charge in [-0.2, -0.15) is 0 Å². The Morgan fingerprint density at radius 3 is 2.64 bits per heavy atom. The van der Waals surface area contributed by atoms with Crippen LogP contribution in [0.2, 0.25) is 0 Å². The predicted molar refractivity (Wildman–Crippen MR) is 90.4 cm³/mol. The van der Waals surface area contributed by atoms with E-state index in [1.807, 2.05) is 6.92 Å². The summed E-state index contributed by atoms with van der Waals surface area (Å²) in [6, 6.07) is 10.7. The number of aromatic nitrogens is 3. The van der Waals surface area contributed by atoms with Gasteiger partial charge >= 0.3 is 0 Å². The molecule has 3 aromatic rings. The molecule has 1 aromatic carbocycles. The summed E-state index contributed by atoms with van der Waals surface area (Å²) in [4.78, 5) is 11.5. The van der Waals surface area contributed by atoms with Crippen molar-refractivity contribution in [3.63, 3.8) is 0 Å². The van der Waals surface area contributed by atoms with Crippen LogP contribution >= 0.6 is 0 Å². The Morgan fingerprint density at radius 2 is 1.91 bits per heavy atom. The normalized spacial score (nSPS) is 11.1. The van der Waals surface area contributed by atoms with Crippen LogP contribution in [0, 0.1) is 20.8 Å². The first-order chi connectivity index (χ1) is 10.6. The van der Waals surface area contributed by atoms with Gasteiger partial charge in [-0.3, -0.25) is 4.40 Å². The summed E-state index contributed by atoms with van der Waals surface area (Å²) in [5.74, 6) is 0.785. The van der Waals surface area contributed by atoms with Crippen molar-refractivity contribution in [2.75, 3.05) is 11.4 Å². The molecule has 0 aliphatic carbocycles. The Kier molecular flexibility index (Phi) is 3.84. The molecular weight excluding hydrogens is 272 g/mol. The van der Waals surface area contributed by atoms with Gasteiger partial charge in [-0.1, -0.05) is 12.1 Å². The number of benzene rings is 1. The number of imidazole rings is 1. The van der Waals surface area contributed by atoms with E-state index < -0.39 is 0 Å². The van der Waals surface area contributed by atoms with Crippen LogP contribution in [0.1, 0.15) is 29.6 Å². The summed E-state index contributed by atoms with van der Waals surface area (Å²) >= 11 is 0. The Bertz CT molecular complexity index is 804. The van der Waals surface area contributed by atoms with E-state index >= 15 is 0 Å². The molecule has 0 saturated heterocycles. The van der Waals surface area contributed by atoms with Crippen molar-refractivity contribution in [3.05, 3.63) is 59.2 Å².